The van der Waals surface area contributed by atoms with Crippen molar-refractivity contribution in [2.75, 3.05) is 43.0 Å². The van der Waals surface area contributed by atoms with Crippen LogP contribution in [0.4, 0.5) is 11.4 Å². The lowest BCUT2D eigenvalue weighted by molar-refractivity contribution is -0.149. The summed E-state index contributed by atoms with van der Waals surface area (Å²) in [5, 5.41) is 4.94. The number of nitrogens with one attached hydrogen (secondary N) is 1. The number of aromatic nitrogens is 1. The summed E-state index contributed by atoms with van der Waals surface area (Å²) in [4.78, 5) is 56.0. The Morgan fingerprint density at radius 2 is 1.85 bits per heavy atom. The van der Waals surface area contributed by atoms with Crippen LogP contribution in [0.25, 0.3) is 0 Å². The Labute approximate surface area is 242 Å². The second-order valence-electron chi connectivity index (χ2n) is 11.1. The molecular weight excluding hydrogens is 540 g/mol. The van der Waals surface area contributed by atoms with Crippen LogP contribution in [0, 0.1) is 11.8 Å². The molecule has 3 aliphatic rings. The molecule has 2 aromatic heterocycles. The van der Waals surface area contributed by atoms with E-state index in [9.17, 15) is 19.2 Å². The summed E-state index contributed by atoms with van der Waals surface area (Å²) in [5.74, 6) is -0.184. The van der Waals surface area contributed by atoms with Gasteiger partial charge in [0.05, 0.1) is 28.8 Å². The Kier molecular flexibility index (Phi) is 7.66. The third-order valence-corrected chi connectivity index (χ3v) is 9.33. The van der Waals surface area contributed by atoms with Gasteiger partial charge in [0.1, 0.15) is 0 Å². The smallest absolute Gasteiger partial charge is 0.309 e. The van der Waals surface area contributed by atoms with E-state index in [1.54, 1.807) is 30.0 Å². The summed E-state index contributed by atoms with van der Waals surface area (Å²) in [7, 11) is 0. The summed E-state index contributed by atoms with van der Waals surface area (Å²) in [6.45, 7) is 5.27. The Morgan fingerprint density at radius 3 is 2.61 bits per heavy atom. The molecule has 2 bridgehead atoms. The maximum Gasteiger partial charge on any atom is 0.309 e. The van der Waals surface area contributed by atoms with Gasteiger partial charge in [0.2, 0.25) is 0 Å². The number of piperidine rings is 2. The standard InChI is InChI=1S/C31H34N4O5S/c1-2-40-31(39)21-10-12-33(13-11-21)30(38)22-8-9-26(24(16-22)32-29(37)27-6-4-14-41-27)34-17-20-15-23(19-34)25-5-3-7-28(36)35(25)18-20/h3-9,14,16,20-21,23H,2,10-13,15,17-19H2,1H3,(H,32,37). The SMILES string of the molecule is CCOC(=O)C1CCN(C(=O)c2ccc(N3CC4CC(C3)c3cccc(=O)n3C4)c(NC(=O)c3cccs3)c2)CC1. The molecule has 1 N–H and O–H groups in total. The highest BCUT2D eigenvalue weighted by atomic mass is 32.1. The summed E-state index contributed by atoms with van der Waals surface area (Å²) in [6, 6.07) is 14.7. The number of benzene rings is 1. The summed E-state index contributed by atoms with van der Waals surface area (Å²) in [5.41, 5.74) is 3.07. The van der Waals surface area contributed by atoms with Crippen LogP contribution in [0.2, 0.25) is 0 Å². The van der Waals surface area contributed by atoms with Gasteiger partial charge in [0.25, 0.3) is 17.4 Å². The molecule has 2 amide bonds. The van der Waals surface area contributed by atoms with Crippen molar-refractivity contribution in [3.63, 3.8) is 0 Å². The number of rotatable bonds is 6. The van der Waals surface area contributed by atoms with E-state index in [-0.39, 0.29) is 35.2 Å². The van der Waals surface area contributed by atoms with Gasteiger partial charge in [-0.15, -0.1) is 11.3 Å². The van der Waals surface area contributed by atoms with E-state index in [0.29, 0.717) is 61.1 Å². The molecule has 2 fully saturated rings. The van der Waals surface area contributed by atoms with Gasteiger partial charge in [0.15, 0.2) is 0 Å². The van der Waals surface area contributed by atoms with Crippen molar-refractivity contribution in [3.8, 4) is 0 Å². The Morgan fingerprint density at radius 1 is 1.02 bits per heavy atom. The zero-order valence-corrected chi connectivity index (χ0v) is 23.9. The van der Waals surface area contributed by atoms with E-state index in [0.717, 1.165) is 30.9 Å². The second-order valence-corrected chi connectivity index (χ2v) is 12.0. The number of esters is 1. The first-order valence-electron chi connectivity index (χ1n) is 14.3. The van der Waals surface area contributed by atoms with Gasteiger partial charge in [-0.1, -0.05) is 12.1 Å². The molecule has 3 aromatic rings. The van der Waals surface area contributed by atoms with Crippen molar-refractivity contribution >= 4 is 40.5 Å². The average Bonchev–Trinajstić information content (AvgIpc) is 3.53. The van der Waals surface area contributed by atoms with Crippen LogP contribution in [0.3, 0.4) is 0 Å². The normalized spacial score (nSPS) is 20.3. The molecule has 0 saturated carbocycles. The third-order valence-electron chi connectivity index (χ3n) is 8.46. The van der Waals surface area contributed by atoms with Crippen LogP contribution < -0.4 is 15.8 Å². The van der Waals surface area contributed by atoms with Crippen LogP contribution in [-0.4, -0.2) is 60.0 Å². The van der Waals surface area contributed by atoms with E-state index in [2.05, 4.69) is 10.2 Å². The molecule has 214 valence electrons. The number of amides is 2. The minimum atomic E-state index is -0.213. The van der Waals surface area contributed by atoms with Crippen molar-refractivity contribution in [2.45, 2.75) is 38.6 Å². The maximum atomic E-state index is 13.5. The first kappa shape index (κ1) is 27.3. The van der Waals surface area contributed by atoms with Crippen molar-refractivity contribution in [1.82, 2.24) is 9.47 Å². The van der Waals surface area contributed by atoms with Crippen LogP contribution in [0.1, 0.15) is 57.8 Å². The van der Waals surface area contributed by atoms with Gasteiger partial charge in [-0.05, 0) is 67.8 Å². The lowest BCUT2D eigenvalue weighted by atomic mass is 9.83. The van der Waals surface area contributed by atoms with E-state index < -0.39 is 0 Å². The van der Waals surface area contributed by atoms with E-state index >= 15 is 0 Å². The van der Waals surface area contributed by atoms with Gasteiger partial charge in [-0.25, -0.2) is 0 Å². The first-order valence-corrected chi connectivity index (χ1v) is 15.2. The zero-order chi connectivity index (χ0) is 28.5. The molecule has 2 atom stereocenters. The largest absolute Gasteiger partial charge is 0.466 e. The number of carbonyl (C=O) groups excluding carboxylic acids is 3. The molecule has 0 spiro atoms. The van der Waals surface area contributed by atoms with Gasteiger partial charge < -0.3 is 24.4 Å². The summed E-state index contributed by atoms with van der Waals surface area (Å²) < 4.78 is 7.07. The van der Waals surface area contributed by atoms with E-state index in [4.69, 9.17) is 4.74 Å². The van der Waals surface area contributed by atoms with Crippen LogP contribution in [0.5, 0.6) is 0 Å². The highest BCUT2D eigenvalue weighted by Gasteiger charge is 2.36. The molecule has 2 unspecified atom stereocenters. The van der Waals surface area contributed by atoms with E-state index in [1.165, 1.54) is 11.3 Å². The molecule has 0 aliphatic carbocycles. The molecule has 3 aliphatic heterocycles. The first-order chi connectivity index (χ1) is 19.9. The number of fused-ring (bicyclic) bond motifs is 4. The maximum absolute atomic E-state index is 13.5. The topological polar surface area (TPSA) is 101 Å². The Hall–Kier alpha value is -3.92. The van der Waals surface area contributed by atoms with Gasteiger partial charge in [-0.2, -0.15) is 0 Å². The van der Waals surface area contributed by atoms with Crippen LogP contribution >= 0.6 is 11.3 Å². The molecule has 1 aromatic carbocycles. The quantitative estimate of drug-likeness (QED) is 0.443. The predicted molar refractivity (Wildman–Crippen MR) is 158 cm³/mol. The van der Waals surface area contributed by atoms with Crippen LogP contribution in [-0.2, 0) is 16.1 Å². The molecule has 9 nitrogen and oxygen atoms in total. The number of hydrogen-bond acceptors (Lipinski definition) is 7. The number of carbonyl (C=O) groups is 3. The highest BCUT2D eigenvalue weighted by molar-refractivity contribution is 7.12. The predicted octanol–water partition coefficient (Wildman–Crippen LogP) is 4.20. The van der Waals surface area contributed by atoms with Gasteiger partial charge >= 0.3 is 5.97 Å². The van der Waals surface area contributed by atoms with Crippen molar-refractivity contribution in [1.29, 1.82) is 0 Å². The minimum Gasteiger partial charge on any atom is -0.466 e. The number of nitrogens with zero attached hydrogens (tertiary/aromatic N) is 3. The molecule has 41 heavy (non-hydrogen) atoms. The Bertz CT molecular complexity index is 1510. The fraction of sp³-hybridized carbons (Fsp3) is 0.419. The monoisotopic (exact) mass is 574 g/mol. The number of ether oxygens (including phenoxy) is 1. The fourth-order valence-electron chi connectivity index (χ4n) is 6.49. The zero-order valence-electron chi connectivity index (χ0n) is 23.1. The van der Waals surface area contributed by atoms with Crippen molar-refractivity contribution < 1.29 is 19.1 Å². The molecule has 5 heterocycles. The van der Waals surface area contributed by atoms with Crippen molar-refractivity contribution in [2.24, 2.45) is 11.8 Å². The molecular formula is C31H34N4O5S. The molecule has 6 rings (SSSR count). The molecule has 2 saturated heterocycles. The average molecular weight is 575 g/mol. The third kappa shape index (κ3) is 5.53. The lowest BCUT2D eigenvalue weighted by Crippen LogP contribution is -2.47. The minimum absolute atomic E-state index is 0.0451. The molecule has 10 heteroatoms. The number of likely N-dealkylation sites (tertiary alicyclic amines) is 1. The highest BCUT2D eigenvalue weighted by Crippen LogP contribution is 2.39. The van der Waals surface area contributed by atoms with E-state index in [1.807, 2.05) is 40.3 Å². The number of thiophene rings is 1. The molecule has 0 radical (unpaired) electrons. The van der Waals surface area contributed by atoms with Gasteiger partial charge in [0, 0.05) is 56.0 Å². The Balaban J connectivity index is 1.26. The summed E-state index contributed by atoms with van der Waals surface area (Å²) >= 11 is 1.37. The lowest BCUT2D eigenvalue weighted by Gasteiger charge is -2.44. The van der Waals surface area contributed by atoms with Crippen LogP contribution in [0.15, 0.2) is 58.7 Å². The van der Waals surface area contributed by atoms with Gasteiger partial charge in [-0.3, -0.25) is 19.2 Å². The number of hydrogen-bond donors (Lipinski definition) is 1. The fourth-order valence-corrected chi connectivity index (χ4v) is 7.11. The number of pyridine rings is 1. The second kappa shape index (κ2) is 11.5. The number of anilines is 2. The van der Waals surface area contributed by atoms with Crippen molar-refractivity contribution in [3.05, 3.63) is 80.4 Å². The summed E-state index contributed by atoms with van der Waals surface area (Å²) in [6.07, 6.45) is 2.17.